The average molecular weight is 401 g/mol. The van der Waals surface area contributed by atoms with Gasteiger partial charge >= 0.3 is 5.97 Å². The normalized spacial score (nSPS) is 11.7. The molecule has 7 heteroatoms. The standard InChI is InChI=1S/C16H12BrClFNO3/c1-9(15(21)20-12-5-2-10(18)3-6-12)23-16(22)13-7-4-11(19)8-14(13)17/h2-9H,1H3,(H,20,21)/t9-/m0/s1. The lowest BCUT2D eigenvalue weighted by atomic mass is 10.2. The van der Waals surface area contributed by atoms with Crippen LogP contribution in [0.15, 0.2) is 46.9 Å². The van der Waals surface area contributed by atoms with Gasteiger partial charge in [-0.1, -0.05) is 11.6 Å². The topological polar surface area (TPSA) is 55.4 Å². The summed E-state index contributed by atoms with van der Waals surface area (Å²) in [5, 5.41) is 3.15. The number of ether oxygens (including phenoxy) is 1. The Labute approximate surface area is 145 Å². The van der Waals surface area contributed by atoms with Gasteiger partial charge in [0.05, 0.1) is 5.56 Å². The van der Waals surface area contributed by atoms with Gasteiger partial charge in [0.25, 0.3) is 5.91 Å². The molecular formula is C16H12BrClFNO3. The summed E-state index contributed by atoms with van der Waals surface area (Å²) in [6.45, 7) is 1.45. The summed E-state index contributed by atoms with van der Waals surface area (Å²) in [5.74, 6) is -1.70. The number of hydrogen-bond acceptors (Lipinski definition) is 3. The SMILES string of the molecule is C[C@H](OC(=O)c1ccc(F)cc1Br)C(=O)Nc1ccc(Cl)cc1. The number of carbonyl (C=O) groups is 2. The molecule has 120 valence electrons. The number of esters is 1. The molecule has 0 aliphatic heterocycles. The average Bonchev–Trinajstić information content (AvgIpc) is 2.49. The number of hydrogen-bond donors (Lipinski definition) is 1. The van der Waals surface area contributed by atoms with Crippen LogP contribution in [0.1, 0.15) is 17.3 Å². The van der Waals surface area contributed by atoms with Gasteiger partial charge in [-0.3, -0.25) is 4.79 Å². The van der Waals surface area contributed by atoms with Crippen molar-refractivity contribution >= 4 is 45.1 Å². The van der Waals surface area contributed by atoms with Crippen molar-refractivity contribution in [2.75, 3.05) is 5.32 Å². The van der Waals surface area contributed by atoms with Gasteiger partial charge in [0.15, 0.2) is 6.10 Å². The molecule has 1 amide bonds. The lowest BCUT2D eigenvalue weighted by Crippen LogP contribution is -2.30. The molecule has 0 fully saturated rings. The molecular weight excluding hydrogens is 389 g/mol. The number of rotatable bonds is 4. The first-order valence-corrected chi connectivity index (χ1v) is 7.76. The van der Waals surface area contributed by atoms with Gasteiger partial charge < -0.3 is 10.1 Å². The first-order valence-electron chi connectivity index (χ1n) is 6.59. The summed E-state index contributed by atoms with van der Waals surface area (Å²) in [4.78, 5) is 24.0. The monoisotopic (exact) mass is 399 g/mol. The Morgan fingerprint density at radius 1 is 1.22 bits per heavy atom. The zero-order chi connectivity index (χ0) is 17.0. The van der Waals surface area contributed by atoms with Crippen molar-refractivity contribution in [3.63, 3.8) is 0 Å². The van der Waals surface area contributed by atoms with Crippen molar-refractivity contribution < 1.29 is 18.7 Å². The maximum absolute atomic E-state index is 13.0. The van der Waals surface area contributed by atoms with E-state index in [0.29, 0.717) is 10.7 Å². The van der Waals surface area contributed by atoms with E-state index in [9.17, 15) is 14.0 Å². The first-order chi connectivity index (χ1) is 10.9. The minimum atomic E-state index is -1.02. The van der Waals surface area contributed by atoms with E-state index in [1.54, 1.807) is 24.3 Å². The molecule has 0 aliphatic rings. The molecule has 0 radical (unpaired) electrons. The summed E-state index contributed by atoms with van der Waals surface area (Å²) >= 11 is 8.84. The number of benzene rings is 2. The molecule has 0 saturated heterocycles. The zero-order valence-corrected chi connectivity index (χ0v) is 14.3. The summed E-state index contributed by atoms with van der Waals surface area (Å²) in [5.41, 5.74) is 0.669. The van der Waals surface area contributed by atoms with Gasteiger partial charge in [-0.25, -0.2) is 9.18 Å². The maximum Gasteiger partial charge on any atom is 0.340 e. The highest BCUT2D eigenvalue weighted by molar-refractivity contribution is 9.10. The Morgan fingerprint density at radius 2 is 1.87 bits per heavy atom. The molecule has 0 spiro atoms. The first kappa shape index (κ1) is 17.4. The highest BCUT2D eigenvalue weighted by Crippen LogP contribution is 2.20. The maximum atomic E-state index is 13.0. The van der Waals surface area contributed by atoms with Crippen LogP contribution in [0.5, 0.6) is 0 Å². The van der Waals surface area contributed by atoms with Crippen molar-refractivity contribution in [3.05, 3.63) is 63.3 Å². The summed E-state index contributed by atoms with van der Waals surface area (Å²) in [6.07, 6.45) is -1.02. The van der Waals surface area contributed by atoms with E-state index in [0.717, 1.165) is 12.1 Å². The second-order valence-corrected chi connectivity index (χ2v) is 5.96. The van der Waals surface area contributed by atoms with Crippen LogP contribution in [0.3, 0.4) is 0 Å². The lowest BCUT2D eigenvalue weighted by molar-refractivity contribution is -0.123. The highest BCUT2D eigenvalue weighted by Gasteiger charge is 2.20. The third-order valence-electron chi connectivity index (χ3n) is 2.92. The third kappa shape index (κ3) is 4.77. The molecule has 0 saturated carbocycles. The van der Waals surface area contributed by atoms with E-state index in [-0.39, 0.29) is 10.0 Å². The van der Waals surface area contributed by atoms with Crippen molar-refractivity contribution in [1.29, 1.82) is 0 Å². The van der Waals surface area contributed by atoms with Gasteiger partial charge in [-0.05, 0) is 65.3 Å². The highest BCUT2D eigenvalue weighted by atomic mass is 79.9. The van der Waals surface area contributed by atoms with Gasteiger partial charge in [0, 0.05) is 15.2 Å². The summed E-state index contributed by atoms with van der Waals surface area (Å²) in [7, 11) is 0. The van der Waals surface area contributed by atoms with E-state index in [4.69, 9.17) is 16.3 Å². The van der Waals surface area contributed by atoms with Crippen LogP contribution < -0.4 is 5.32 Å². The van der Waals surface area contributed by atoms with Crippen LogP contribution in [-0.4, -0.2) is 18.0 Å². The largest absolute Gasteiger partial charge is 0.449 e. The fraction of sp³-hybridized carbons (Fsp3) is 0.125. The van der Waals surface area contributed by atoms with Crippen molar-refractivity contribution in [2.45, 2.75) is 13.0 Å². The minimum absolute atomic E-state index is 0.137. The molecule has 0 heterocycles. The number of halogens is 3. The Hall–Kier alpha value is -1.92. The van der Waals surface area contributed by atoms with Gasteiger partial charge in [0.1, 0.15) is 5.82 Å². The third-order valence-corrected chi connectivity index (χ3v) is 3.82. The van der Waals surface area contributed by atoms with Gasteiger partial charge in [0.2, 0.25) is 0 Å². The predicted octanol–water partition coefficient (Wildman–Crippen LogP) is 4.43. The quantitative estimate of drug-likeness (QED) is 0.773. The summed E-state index contributed by atoms with van der Waals surface area (Å²) < 4.78 is 18.4. The molecule has 2 aromatic carbocycles. The smallest absolute Gasteiger partial charge is 0.340 e. The van der Waals surface area contributed by atoms with Crippen molar-refractivity contribution in [3.8, 4) is 0 Å². The van der Waals surface area contributed by atoms with Crippen molar-refractivity contribution in [2.24, 2.45) is 0 Å². The van der Waals surface area contributed by atoms with E-state index >= 15 is 0 Å². The second kappa shape index (κ2) is 7.57. The number of nitrogens with one attached hydrogen (secondary N) is 1. The number of amides is 1. The molecule has 4 nitrogen and oxygen atoms in total. The Kier molecular flexibility index (Phi) is 5.74. The molecule has 1 N–H and O–H groups in total. The molecule has 23 heavy (non-hydrogen) atoms. The van der Waals surface area contributed by atoms with Gasteiger partial charge in [-0.2, -0.15) is 0 Å². The minimum Gasteiger partial charge on any atom is -0.449 e. The van der Waals surface area contributed by atoms with Crippen LogP contribution >= 0.6 is 27.5 Å². The molecule has 1 atom stereocenters. The molecule has 0 aliphatic carbocycles. The van der Waals surface area contributed by atoms with Crippen LogP contribution in [0.25, 0.3) is 0 Å². The molecule has 2 aromatic rings. The Bertz CT molecular complexity index is 737. The van der Waals surface area contributed by atoms with E-state index in [1.165, 1.54) is 13.0 Å². The Balaban J connectivity index is 2.00. The molecule has 2 rings (SSSR count). The van der Waals surface area contributed by atoms with Crippen LogP contribution in [0, 0.1) is 5.82 Å². The summed E-state index contributed by atoms with van der Waals surface area (Å²) in [6, 6.07) is 10.1. The fourth-order valence-electron chi connectivity index (χ4n) is 1.71. The van der Waals surface area contributed by atoms with Crippen molar-refractivity contribution in [1.82, 2.24) is 0 Å². The second-order valence-electron chi connectivity index (χ2n) is 4.67. The van der Waals surface area contributed by atoms with Crippen LogP contribution in [-0.2, 0) is 9.53 Å². The molecule has 0 aromatic heterocycles. The van der Waals surface area contributed by atoms with Crippen LogP contribution in [0.2, 0.25) is 5.02 Å². The Morgan fingerprint density at radius 3 is 2.48 bits per heavy atom. The number of carbonyl (C=O) groups excluding carboxylic acids is 2. The van der Waals surface area contributed by atoms with Crippen LogP contribution in [0.4, 0.5) is 10.1 Å². The van der Waals surface area contributed by atoms with Gasteiger partial charge in [-0.15, -0.1) is 0 Å². The predicted molar refractivity (Wildman–Crippen MR) is 89.1 cm³/mol. The lowest BCUT2D eigenvalue weighted by Gasteiger charge is -2.14. The fourth-order valence-corrected chi connectivity index (χ4v) is 2.35. The number of anilines is 1. The van der Waals surface area contributed by atoms with E-state index in [1.807, 2.05) is 0 Å². The zero-order valence-electron chi connectivity index (χ0n) is 12.0. The molecule has 0 bridgehead atoms. The van der Waals surface area contributed by atoms with E-state index in [2.05, 4.69) is 21.2 Å². The molecule has 0 unspecified atom stereocenters. The van der Waals surface area contributed by atoms with E-state index < -0.39 is 23.8 Å².